The number of rotatable bonds is 7. The molecule has 1 amide bonds. The average molecular weight is 381 g/mol. The lowest BCUT2D eigenvalue weighted by molar-refractivity contribution is -0.384. The van der Waals surface area contributed by atoms with Gasteiger partial charge in [-0.2, -0.15) is 0 Å². The van der Waals surface area contributed by atoms with Gasteiger partial charge in [0.1, 0.15) is 0 Å². The summed E-state index contributed by atoms with van der Waals surface area (Å²) < 4.78 is 0. The second-order valence-corrected chi connectivity index (χ2v) is 7.02. The van der Waals surface area contributed by atoms with Gasteiger partial charge in [0, 0.05) is 22.7 Å². The Morgan fingerprint density at radius 3 is 2.59 bits per heavy atom. The first-order chi connectivity index (χ1) is 13.0. The summed E-state index contributed by atoms with van der Waals surface area (Å²) in [5.41, 5.74) is 2.40. The smallest absolute Gasteiger partial charge is 0.271 e. The number of carbonyl (C=O) groups excluding carboxylic acids is 1. The lowest BCUT2D eigenvalue weighted by Gasteiger charge is -2.19. The Morgan fingerprint density at radius 1 is 1.15 bits per heavy atom. The van der Waals surface area contributed by atoms with Gasteiger partial charge in [-0.15, -0.1) is 11.3 Å². The fourth-order valence-corrected chi connectivity index (χ4v) is 3.52. The molecule has 6 nitrogen and oxygen atoms in total. The van der Waals surface area contributed by atoms with Crippen molar-refractivity contribution in [2.45, 2.75) is 13.0 Å². The molecule has 138 valence electrons. The van der Waals surface area contributed by atoms with E-state index < -0.39 is 4.92 Å². The van der Waals surface area contributed by atoms with E-state index in [1.807, 2.05) is 54.8 Å². The molecule has 0 radical (unpaired) electrons. The molecular weight excluding hydrogens is 362 g/mol. The molecule has 1 heterocycles. The first kappa shape index (κ1) is 18.6. The molecule has 0 saturated heterocycles. The van der Waals surface area contributed by atoms with Crippen molar-refractivity contribution in [1.82, 2.24) is 5.32 Å². The predicted octanol–water partition coefficient (Wildman–Crippen LogP) is 4.28. The molecule has 0 bridgehead atoms. The molecule has 0 aliphatic rings. The van der Waals surface area contributed by atoms with E-state index in [0.717, 1.165) is 16.0 Å². The van der Waals surface area contributed by atoms with E-state index in [9.17, 15) is 14.9 Å². The number of hydrogen-bond donors (Lipinski definition) is 2. The highest BCUT2D eigenvalue weighted by Gasteiger charge is 2.18. The van der Waals surface area contributed by atoms with Crippen LogP contribution in [-0.4, -0.2) is 17.4 Å². The summed E-state index contributed by atoms with van der Waals surface area (Å²) in [6.45, 7) is 1.86. The first-order valence-electron chi connectivity index (χ1n) is 8.41. The lowest BCUT2D eigenvalue weighted by atomic mass is 10.1. The molecule has 1 aromatic heterocycles. The molecule has 2 aromatic carbocycles. The Kier molecular flexibility index (Phi) is 5.83. The third-order valence-corrected chi connectivity index (χ3v) is 5.07. The third kappa shape index (κ3) is 4.71. The van der Waals surface area contributed by atoms with Crippen LogP contribution in [0.5, 0.6) is 0 Å². The topological polar surface area (TPSA) is 84.3 Å². The van der Waals surface area contributed by atoms with Gasteiger partial charge in [-0.05, 0) is 29.5 Å². The lowest BCUT2D eigenvalue weighted by Crippen LogP contribution is -2.33. The molecule has 0 aliphatic heterocycles. The predicted molar refractivity (Wildman–Crippen MR) is 107 cm³/mol. The van der Waals surface area contributed by atoms with Crippen LogP contribution in [0.1, 0.15) is 22.0 Å². The van der Waals surface area contributed by atoms with Crippen LogP contribution in [0.4, 0.5) is 11.4 Å². The van der Waals surface area contributed by atoms with Crippen LogP contribution in [0.2, 0.25) is 0 Å². The van der Waals surface area contributed by atoms with Gasteiger partial charge in [0.05, 0.1) is 17.5 Å². The van der Waals surface area contributed by atoms with E-state index in [1.165, 1.54) is 12.1 Å². The van der Waals surface area contributed by atoms with Crippen LogP contribution in [-0.2, 0) is 4.79 Å². The number of thiophene rings is 1. The maximum atomic E-state index is 12.5. The van der Waals surface area contributed by atoms with Crippen LogP contribution in [0.15, 0.2) is 66.0 Å². The number of nitro benzene ring substituents is 1. The monoisotopic (exact) mass is 381 g/mol. The van der Waals surface area contributed by atoms with Crippen LogP contribution in [0, 0.1) is 17.0 Å². The minimum atomic E-state index is -0.451. The zero-order valence-electron chi connectivity index (χ0n) is 14.7. The van der Waals surface area contributed by atoms with Crippen molar-refractivity contribution in [3.05, 3.63) is 92.2 Å². The van der Waals surface area contributed by atoms with E-state index in [1.54, 1.807) is 17.4 Å². The van der Waals surface area contributed by atoms with Gasteiger partial charge >= 0.3 is 0 Å². The Bertz CT molecular complexity index is 927. The van der Waals surface area contributed by atoms with Crippen molar-refractivity contribution in [2.75, 3.05) is 11.9 Å². The van der Waals surface area contributed by atoms with Gasteiger partial charge in [-0.1, -0.05) is 42.5 Å². The zero-order valence-corrected chi connectivity index (χ0v) is 15.5. The van der Waals surface area contributed by atoms with Crippen molar-refractivity contribution >= 4 is 28.6 Å². The SMILES string of the molecule is Cc1ccc([N+](=O)[O-])cc1NCC(=O)N[C@H](c1ccccc1)c1cccs1. The van der Waals surface area contributed by atoms with Crippen LogP contribution in [0.3, 0.4) is 0 Å². The molecule has 0 saturated carbocycles. The molecule has 0 spiro atoms. The largest absolute Gasteiger partial charge is 0.376 e. The molecule has 0 unspecified atom stereocenters. The second-order valence-electron chi connectivity index (χ2n) is 6.04. The summed E-state index contributed by atoms with van der Waals surface area (Å²) >= 11 is 1.58. The Morgan fingerprint density at radius 2 is 1.93 bits per heavy atom. The third-order valence-electron chi connectivity index (χ3n) is 4.14. The maximum Gasteiger partial charge on any atom is 0.271 e. The first-order valence-corrected chi connectivity index (χ1v) is 9.29. The van der Waals surface area contributed by atoms with E-state index in [-0.39, 0.29) is 24.2 Å². The fourth-order valence-electron chi connectivity index (χ4n) is 2.72. The van der Waals surface area contributed by atoms with Gasteiger partial charge in [-0.25, -0.2) is 0 Å². The number of benzene rings is 2. The van der Waals surface area contributed by atoms with E-state index in [2.05, 4.69) is 10.6 Å². The molecule has 27 heavy (non-hydrogen) atoms. The van der Waals surface area contributed by atoms with Gasteiger partial charge < -0.3 is 10.6 Å². The molecule has 3 rings (SSSR count). The highest BCUT2D eigenvalue weighted by atomic mass is 32.1. The number of nitrogens with one attached hydrogen (secondary N) is 2. The van der Waals surface area contributed by atoms with Crippen molar-refractivity contribution in [3.8, 4) is 0 Å². The molecule has 0 fully saturated rings. The summed E-state index contributed by atoms with van der Waals surface area (Å²) in [4.78, 5) is 24.0. The average Bonchev–Trinajstić information content (AvgIpc) is 3.20. The summed E-state index contributed by atoms with van der Waals surface area (Å²) in [6, 6.07) is 18.0. The number of nitrogens with zero attached hydrogens (tertiary/aromatic N) is 1. The highest BCUT2D eigenvalue weighted by molar-refractivity contribution is 7.10. The fraction of sp³-hybridized carbons (Fsp3) is 0.150. The summed E-state index contributed by atoms with van der Waals surface area (Å²) in [7, 11) is 0. The van der Waals surface area contributed by atoms with E-state index in [0.29, 0.717) is 5.69 Å². The van der Waals surface area contributed by atoms with E-state index in [4.69, 9.17) is 0 Å². The molecule has 0 aliphatic carbocycles. The van der Waals surface area contributed by atoms with Gasteiger partial charge in [0.15, 0.2) is 0 Å². The molecule has 1 atom stereocenters. The summed E-state index contributed by atoms with van der Waals surface area (Å²) in [5, 5.41) is 18.9. The van der Waals surface area contributed by atoms with Gasteiger partial charge in [0.2, 0.25) is 5.91 Å². The maximum absolute atomic E-state index is 12.5. The number of aryl methyl sites for hydroxylation is 1. The van der Waals surface area contributed by atoms with Crippen molar-refractivity contribution in [2.24, 2.45) is 0 Å². The molecule has 7 heteroatoms. The minimum Gasteiger partial charge on any atom is -0.376 e. The molecule has 2 N–H and O–H groups in total. The summed E-state index contributed by atoms with van der Waals surface area (Å²) in [5.74, 6) is -0.192. The Hall–Kier alpha value is -3.19. The highest BCUT2D eigenvalue weighted by Crippen LogP contribution is 2.26. The minimum absolute atomic E-state index is 0.00995. The van der Waals surface area contributed by atoms with Crippen molar-refractivity contribution < 1.29 is 9.72 Å². The second kappa shape index (κ2) is 8.46. The van der Waals surface area contributed by atoms with Crippen LogP contribution < -0.4 is 10.6 Å². The number of amides is 1. The molecular formula is C20H19N3O3S. The number of carbonyl (C=O) groups is 1. The van der Waals surface area contributed by atoms with Crippen molar-refractivity contribution in [3.63, 3.8) is 0 Å². The van der Waals surface area contributed by atoms with Crippen molar-refractivity contribution in [1.29, 1.82) is 0 Å². The van der Waals surface area contributed by atoms with Crippen LogP contribution >= 0.6 is 11.3 Å². The quantitative estimate of drug-likeness (QED) is 0.472. The number of nitro groups is 1. The Labute approximate surface area is 161 Å². The van der Waals surface area contributed by atoms with Gasteiger partial charge in [0.25, 0.3) is 5.69 Å². The number of anilines is 1. The number of hydrogen-bond acceptors (Lipinski definition) is 5. The van der Waals surface area contributed by atoms with Gasteiger partial charge in [-0.3, -0.25) is 14.9 Å². The summed E-state index contributed by atoms with van der Waals surface area (Å²) in [6.07, 6.45) is 0. The standard InChI is InChI=1S/C20H19N3O3S/c1-14-9-10-16(23(25)26)12-17(14)21-13-19(24)22-20(18-8-5-11-27-18)15-6-3-2-4-7-15/h2-12,20-21H,13H2,1H3,(H,22,24)/t20-/m1/s1. The van der Waals surface area contributed by atoms with E-state index >= 15 is 0 Å². The zero-order chi connectivity index (χ0) is 19.2. The Balaban J connectivity index is 1.70. The molecule has 3 aromatic rings. The number of non-ortho nitro benzene ring substituents is 1. The normalized spacial score (nSPS) is 11.6. The van der Waals surface area contributed by atoms with Crippen LogP contribution in [0.25, 0.3) is 0 Å².